The molecule has 0 radical (unpaired) electrons. The van der Waals surface area contributed by atoms with Crippen molar-refractivity contribution in [3.05, 3.63) is 20.8 Å². The molecule has 1 atom stereocenters. The predicted octanol–water partition coefficient (Wildman–Crippen LogP) is 3.24. The van der Waals surface area contributed by atoms with Crippen LogP contribution in [0.25, 0.3) is 0 Å². The first-order chi connectivity index (χ1) is 7.15. The molecule has 0 fully saturated rings. The van der Waals surface area contributed by atoms with Crippen LogP contribution in [0.3, 0.4) is 0 Å². The van der Waals surface area contributed by atoms with Crippen molar-refractivity contribution in [2.24, 2.45) is 0 Å². The van der Waals surface area contributed by atoms with Crippen LogP contribution in [0.1, 0.15) is 29.4 Å². The summed E-state index contributed by atoms with van der Waals surface area (Å²) in [5.41, 5.74) is 0. The molecule has 0 N–H and O–H groups in total. The van der Waals surface area contributed by atoms with Crippen LogP contribution in [-0.2, 0) is 10.8 Å². The van der Waals surface area contributed by atoms with E-state index in [2.05, 4.69) is 22.9 Å². The van der Waals surface area contributed by atoms with E-state index in [0.29, 0.717) is 10.6 Å². The quantitative estimate of drug-likeness (QED) is 0.756. The molecule has 1 rings (SSSR count). The van der Waals surface area contributed by atoms with Gasteiger partial charge in [0.15, 0.2) is 5.78 Å². The second-order valence-electron chi connectivity index (χ2n) is 3.16. The third kappa shape index (κ3) is 4.17. The van der Waals surface area contributed by atoms with E-state index in [1.165, 1.54) is 11.3 Å². The summed E-state index contributed by atoms with van der Waals surface area (Å²) in [4.78, 5) is 12.4. The zero-order chi connectivity index (χ0) is 11.3. The van der Waals surface area contributed by atoms with Gasteiger partial charge in [-0.15, -0.1) is 11.3 Å². The first kappa shape index (κ1) is 13.1. The fourth-order valence-electron chi connectivity index (χ4n) is 1.08. The Morgan fingerprint density at radius 2 is 2.33 bits per heavy atom. The number of halogens is 1. The second-order valence-corrected chi connectivity index (χ2v) is 6.51. The lowest BCUT2D eigenvalue weighted by Gasteiger charge is -1.99. The van der Waals surface area contributed by atoms with Crippen LogP contribution in [0.15, 0.2) is 15.9 Å². The van der Waals surface area contributed by atoms with Crippen LogP contribution in [0, 0.1) is 0 Å². The summed E-state index contributed by atoms with van der Waals surface area (Å²) in [6, 6.07) is 1.84. The van der Waals surface area contributed by atoms with Gasteiger partial charge in [-0.3, -0.25) is 9.00 Å². The number of carbonyl (C=O) groups is 1. The fourth-order valence-corrected chi connectivity index (χ4v) is 3.90. The van der Waals surface area contributed by atoms with Crippen LogP contribution >= 0.6 is 27.3 Å². The van der Waals surface area contributed by atoms with E-state index >= 15 is 0 Å². The van der Waals surface area contributed by atoms with Crippen molar-refractivity contribution in [3.8, 4) is 0 Å². The summed E-state index contributed by atoms with van der Waals surface area (Å²) in [6.07, 6.45) is 1.94. The molecular formula is C10H13BrO2S2. The number of ketones is 1. The molecular weight excluding hydrogens is 296 g/mol. The molecule has 0 saturated heterocycles. The molecule has 0 amide bonds. The Labute approximate surface area is 105 Å². The predicted molar refractivity (Wildman–Crippen MR) is 69.1 cm³/mol. The molecule has 0 aliphatic carbocycles. The Morgan fingerprint density at radius 3 is 2.87 bits per heavy atom. The summed E-state index contributed by atoms with van der Waals surface area (Å²) in [5, 5.41) is 1.85. The third-order valence-corrected chi connectivity index (χ3v) is 5.09. The Kier molecular flexibility index (Phi) is 5.71. The Bertz CT molecular complexity index is 360. The average molecular weight is 309 g/mol. The SMILES string of the molecule is CCCCS(=O)CC(=O)c1sccc1Br. The normalized spacial score (nSPS) is 12.7. The van der Waals surface area contributed by atoms with Crippen molar-refractivity contribution in [2.45, 2.75) is 19.8 Å². The molecule has 1 heterocycles. The van der Waals surface area contributed by atoms with Crippen LogP contribution in [-0.4, -0.2) is 21.5 Å². The molecule has 1 aromatic rings. The van der Waals surface area contributed by atoms with Gasteiger partial charge in [0.1, 0.15) is 0 Å². The number of thiophene rings is 1. The zero-order valence-electron chi connectivity index (χ0n) is 8.49. The molecule has 0 aliphatic heterocycles. The molecule has 0 aliphatic rings. The Balaban J connectivity index is 2.49. The maximum Gasteiger partial charge on any atom is 0.186 e. The van der Waals surface area contributed by atoms with Crippen molar-refractivity contribution >= 4 is 43.8 Å². The number of carbonyl (C=O) groups excluding carboxylic acids is 1. The third-order valence-electron chi connectivity index (χ3n) is 1.89. The molecule has 1 aromatic heterocycles. The van der Waals surface area contributed by atoms with E-state index in [1.54, 1.807) is 0 Å². The topological polar surface area (TPSA) is 34.1 Å². The monoisotopic (exact) mass is 308 g/mol. The van der Waals surface area contributed by atoms with Crippen LogP contribution in [0.2, 0.25) is 0 Å². The molecule has 2 nitrogen and oxygen atoms in total. The van der Waals surface area contributed by atoms with Gasteiger partial charge in [-0.25, -0.2) is 0 Å². The van der Waals surface area contributed by atoms with Crippen molar-refractivity contribution in [3.63, 3.8) is 0 Å². The van der Waals surface area contributed by atoms with E-state index in [1.807, 2.05) is 11.4 Å². The highest BCUT2D eigenvalue weighted by Crippen LogP contribution is 2.23. The van der Waals surface area contributed by atoms with Crippen molar-refractivity contribution in [1.82, 2.24) is 0 Å². The van der Waals surface area contributed by atoms with Crippen LogP contribution in [0.4, 0.5) is 0 Å². The number of hydrogen-bond donors (Lipinski definition) is 0. The number of Topliss-reactive ketones (excluding diaryl/α,β-unsaturated/α-hetero) is 1. The zero-order valence-corrected chi connectivity index (χ0v) is 11.7. The minimum atomic E-state index is -1.01. The van der Waals surface area contributed by atoms with Crippen LogP contribution in [0.5, 0.6) is 0 Å². The Hall–Kier alpha value is -0.000000000000000111. The van der Waals surface area contributed by atoms with Gasteiger partial charge in [-0.1, -0.05) is 13.3 Å². The summed E-state index contributed by atoms with van der Waals surface area (Å²) in [6.45, 7) is 2.05. The standard InChI is InChI=1S/C10H13BrO2S2/c1-2-3-6-15(13)7-9(12)10-8(11)4-5-14-10/h4-5H,2-3,6-7H2,1H3. The van der Waals surface area contributed by atoms with Gasteiger partial charge in [0.2, 0.25) is 0 Å². The van der Waals surface area contributed by atoms with Gasteiger partial charge in [0.25, 0.3) is 0 Å². The van der Waals surface area contributed by atoms with Gasteiger partial charge in [-0.05, 0) is 33.8 Å². The first-order valence-corrected chi connectivity index (χ1v) is 7.92. The average Bonchev–Trinajstić information content (AvgIpc) is 2.61. The molecule has 84 valence electrons. The lowest BCUT2D eigenvalue weighted by Crippen LogP contribution is -2.12. The molecule has 5 heteroatoms. The lowest BCUT2D eigenvalue weighted by molar-refractivity contribution is 0.102. The van der Waals surface area contributed by atoms with E-state index in [-0.39, 0.29) is 11.5 Å². The number of unbranched alkanes of at least 4 members (excludes halogenated alkanes) is 1. The summed E-state index contributed by atoms with van der Waals surface area (Å²) in [5.74, 6) is 0.760. The van der Waals surface area contributed by atoms with Gasteiger partial charge in [0.05, 0.1) is 10.6 Å². The van der Waals surface area contributed by atoms with E-state index in [4.69, 9.17) is 0 Å². The molecule has 0 saturated carbocycles. The maximum absolute atomic E-state index is 11.7. The lowest BCUT2D eigenvalue weighted by atomic mass is 10.3. The van der Waals surface area contributed by atoms with Crippen molar-refractivity contribution < 1.29 is 9.00 Å². The summed E-state index contributed by atoms with van der Waals surface area (Å²) < 4.78 is 12.3. The molecule has 0 spiro atoms. The molecule has 0 bridgehead atoms. The smallest absolute Gasteiger partial charge is 0.186 e. The van der Waals surface area contributed by atoms with Crippen LogP contribution < -0.4 is 0 Å². The van der Waals surface area contributed by atoms with Crippen molar-refractivity contribution in [2.75, 3.05) is 11.5 Å². The van der Waals surface area contributed by atoms with Gasteiger partial charge >= 0.3 is 0 Å². The van der Waals surface area contributed by atoms with E-state index < -0.39 is 10.8 Å². The van der Waals surface area contributed by atoms with Gasteiger partial charge in [-0.2, -0.15) is 0 Å². The molecule has 0 aromatic carbocycles. The molecule has 15 heavy (non-hydrogen) atoms. The highest BCUT2D eigenvalue weighted by atomic mass is 79.9. The molecule has 1 unspecified atom stereocenters. The van der Waals surface area contributed by atoms with Gasteiger partial charge < -0.3 is 0 Å². The highest BCUT2D eigenvalue weighted by molar-refractivity contribution is 9.10. The van der Waals surface area contributed by atoms with Crippen molar-refractivity contribution in [1.29, 1.82) is 0 Å². The second kappa shape index (κ2) is 6.55. The maximum atomic E-state index is 11.7. The fraction of sp³-hybridized carbons (Fsp3) is 0.500. The highest BCUT2D eigenvalue weighted by Gasteiger charge is 2.14. The summed E-state index contributed by atoms with van der Waals surface area (Å²) in [7, 11) is -1.01. The largest absolute Gasteiger partial charge is 0.292 e. The summed E-state index contributed by atoms with van der Waals surface area (Å²) >= 11 is 4.69. The first-order valence-electron chi connectivity index (χ1n) is 4.76. The van der Waals surface area contributed by atoms with Gasteiger partial charge in [0, 0.05) is 21.0 Å². The minimum absolute atomic E-state index is 0.0219. The van der Waals surface area contributed by atoms with E-state index in [9.17, 15) is 9.00 Å². The Morgan fingerprint density at radius 1 is 1.60 bits per heavy atom. The minimum Gasteiger partial charge on any atom is -0.292 e. The number of hydrogen-bond acceptors (Lipinski definition) is 3. The van der Waals surface area contributed by atoms with E-state index in [0.717, 1.165) is 17.3 Å². The number of rotatable bonds is 6.